The lowest BCUT2D eigenvalue weighted by Crippen LogP contribution is -2.36. The van der Waals surface area contributed by atoms with Crippen molar-refractivity contribution in [1.82, 2.24) is 0 Å². The Morgan fingerprint density at radius 2 is 2.19 bits per heavy atom. The summed E-state index contributed by atoms with van der Waals surface area (Å²) in [6.07, 6.45) is 7.19. The van der Waals surface area contributed by atoms with Gasteiger partial charge >= 0.3 is 5.97 Å². The van der Waals surface area contributed by atoms with Crippen LogP contribution in [0.25, 0.3) is 0 Å². The fraction of sp³-hybridized carbons (Fsp3) is 0.929. The first-order valence-electron chi connectivity index (χ1n) is 6.70. The van der Waals surface area contributed by atoms with E-state index in [0.29, 0.717) is 11.8 Å². The van der Waals surface area contributed by atoms with Crippen molar-refractivity contribution in [1.29, 1.82) is 0 Å². The van der Waals surface area contributed by atoms with Gasteiger partial charge in [0.2, 0.25) is 0 Å². The summed E-state index contributed by atoms with van der Waals surface area (Å²) in [6, 6.07) is 0. The van der Waals surface area contributed by atoms with Gasteiger partial charge in [0.1, 0.15) is 0 Å². The maximum Gasteiger partial charge on any atom is 0.309 e. The van der Waals surface area contributed by atoms with E-state index in [2.05, 4.69) is 20.8 Å². The number of hydrogen-bond donors (Lipinski definition) is 1. The van der Waals surface area contributed by atoms with Crippen LogP contribution < -0.4 is 0 Å². The number of carbonyl (C=O) groups is 1. The predicted octanol–water partition coefficient (Wildman–Crippen LogP) is 4.09. The summed E-state index contributed by atoms with van der Waals surface area (Å²) in [4.78, 5) is 11.5. The van der Waals surface area contributed by atoms with E-state index in [4.69, 9.17) is 0 Å². The highest BCUT2D eigenvalue weighted by Crippen LogP contribution is 2.43. The fourth-order valence-electron chi connectivity index (χ4n) is 3.04. The molecule has 0 saturated heterocycles. The highest BCUT2D eigenvalue weighted by Gasteiger charge is 2.41. The summed E-state index contributed by atoms with van der Waals surface area (Å²) in [5, 5.41) is 9.47. The van der Waals surface area contributed by atoms with Gasteiger partial charge in [-0.3, -0.25) is 4.79 Å². The largest absolute Gasteiger partial charge is 0.481 e. The van der Waals surface area contributed by atoms with Gasteiger partial charge in [-0.25, -0.2) is 0 Å². The Kier molecular flexibility index (Phi) is 4.82. The van der Waals surface area contributed by atoms with Crippen LogP contribution in [0.1, 0.15) is 65.7 Å². The zero-order chi connectivity index (χ0) is 12.2. The van der Waals surface area contributed by atoms with Crippen LogP contribution in [-0.2, 0) is 4.79 Å². The molecule has 0 bridgehead atoms. The third-order valence-corrected chi connectivity index (χ3v) is 3.98. The van der Waals surface area contributed by atoms with Crippen molar-refractivity contribution in [2.45, 2.75) is 65.7 Å². The lowest BCUT2D eigenvalue weighted by Gasteiger charge is -2.36. The molecular formula is C14H26O2. The highest BCUT2D eigenvalue weighted by atomic mass is 16.4. The monoisotopic (exact) mass is 226 g/mol. The van der Waals surface area contributed by atoms with Gasteiger partial charge in [-0.05, 0) is 31.1 Å². The molecule has 1 rings (SSSR count). The molecule has 1 N–H and O–H groups in total. The molecule has 2 atom stereocenters. The van der Waals surface area contributed by atoms with Crippen LogP contribution in [0.2, 0.25) is 0 Å². The molecule has 1 aliphatic rings. The highest BCUT2D eigenvalue weighted by molar-refractivity contribution is 5.74. The minimum Gasteiger partial charge on any atom is -0.481 e. The standard InChI is InChI=1S/C14H26O2/c1-11(2)6-4-8-14(13(15)16)9-5-7-12(3)10-14/h11-12H,4-10H2,1-3H3,(H,15,16). The van der Waals surface area contributed by atoms with Crippen molar-refractivity contribution >= 4 is 5.97 Å². The minimum atomic E-state index is -0.553. The van der Waals surface area contributed by atoms with Gasteiger partial charge in [0.25, 0.3) is 0 Å². The van der Waals surface area contributed by atoms with E-state index in [0.717, 1.165) is 38.5 Å². The van der Waals surface area contributed by atoms with Gasteiger partial charge in [0, 0.05) is 0 Å². The Morgan fingerprint density at radius 1 is 1.50 bits per heavy atom. The number of carboxylic acid groups (broad SMARTS) is 1. The van der Waals surface area contributed by atoms with Crippen molar-refractivity contribution in [3.63, 3.8) is 0 Å². The smallest absolute Gasteiger partial charge is 0.309 e. The predicted molar refractivity (Wildman–Crippen MR) is 66.4 cm³/mol. The lowest BCUT2D eigenvalue weighted by atomic mass is 9.67. The van der Waals surface area contributed by atoms with Crippen LogP contribution in [0.5, 0.6) is 0 Å². The van der Waals surface area contributed by atoms with E-state index in [9.17, 15) is 9.90 Å². The summed E-state index contributed by atoms with van der Waals surface area (Å²) < 4.78 is 0. The van der Waals surface area contributed by atoms with E-state index >= 15 is 0 Å². The number of aliphatic carboxylic acids is 1. The molecule has 0 heterocycles. The molecule has 2 nitrogen and oxygen atoms in total. The zero-order valence-electron chi connectivity index (χ0n) is 11.0. The fourth-order valence-corrected chi connectivity index (χ4v) is 3.04. The molecule has 1 saturated carbocycles. The molecule has 94 valence electrons. The van der Waals surface area contributed by atoms with Gasteiger partial charge in [0.15, 0.2) is 0 Å². The van der Waals surface area contributed by atoms with E-state index in [-0.39, 0.29) is 0 Å². The SMILES string of the molecule is CC(C)CCCC1(C(=O)O)CCCC(C)C1. The Bertz CT molecular complexity index is 235. The first-order valence-corrected chi connectivity index (χ1v) is 6.70. The Morgan fingerprint density at radius 3 is 2.69 bits per heavy atom. The Labute approximate surface area is 99.4 Å². The van der Waals surface area contributed by atoms with Gasteiger partial charge in [-0.1, -0.05) is 46.5 Å². The first-order chi connectivity index (χ1) is 7.46. The van der Waals surface area contributed by atoms with Crippen LogP contribution >= 0.6 is 0 Å². The summed E-state index contributed by atoms with van der Waals surface area (Å²) in [5.74, 6) is 0.721. The molecule has 2 heteroatoms. The van der Waals surface area contributed by atoms with E-state index < -0.39 is 11.4 Å². The summed E-state index contributed by atoms with van der Waals surface area (Å²) in [5.41, 5.74) is -0.396. The van der Waals surface area contributed by atoms with Gasteiger partial charge < -0.3 is 5.11 Å². The van der Waals surface area contributed by atoms with Crippen molar-refractivity contribution in [2.24, 2.45) is 17.3 Å². The molecule has 1 fully saturated rings. The molecular weight excluding hydrogens is 200 g/mol. The number of carboxylic acids is 1. The molecule has 0 aromatic heterocycles. The Balaban J connectivity index is 2.55. The number of hydrogen-bond acceptors (Lipinski definition) is 1. The molecule has 16 heavy (non-hydrogen) atoms. The van der Waals surface area contributed by atoms with Crippen LogP contribution in [0.3, 0.4) is 0 Å². The van der Waals surface area contributed by atoms with Crippen molar-refractivity contribution in [2.75, 3.05) is 0 Å². The van der Waals surface area contributed by atoms with Gasteiger partial charge in [0.05, 0.1) is 5.41 Å². The molecule has 0 aromatic carbocycles. The Hall–Kier alpha value is -0.530. The molecule has 0 spiro atoms. The third-order valence-electron chi connectivity index (χ3n) is 3.98. The normalized spacial score (nSPS) is 30.6. The average molecular weight is 226 g/mol. The topological polar surface area (TPSA) is 37.3 Å². The van der Waals surface area contributed by atoms with Crippen molar-refractivity contribution in [3.8, 4) is 0 Å². The van der Waals surface area contributed by atoms with Gasteiger partial charge in [-0.15, -0.1) is 0 Å². The quantitative estimate of drug-likeness (QED) is 0.766. The second-order valence-corrected chi connectivity index (χ2v) is 6.07. The van der Waals surface area contributed by atoms with E-state index in [1.165, 1.54) is 6.42 Å². The maximum atomic E-state index is 11.5. The second kappa shape index (κ2) is 5.70. The van der Waals surface area contributed by atoms with Crippen LogP contribution in [0, 0.1) is 17.3 Å². The second-order valence-electron chi connectivity index (χ2n) is 6.07. The molecule has 0 aliphatic heterocycles. The number of rotatable bonds is 5. The molecule has 0 aromatic rings. The summed E-state index contributed by atoms with van der Waals surface area (Å²) in [6.45, 7) is 6.60. The van der Waals surface area contributed by atoms with Crippen molar-refractivity contribution < 1.29 is 9.90 Å². The maximum absolute atomic E-state index is 11.5. The molecule has 0 radical (unpaired) electrons. The van der Waals surface area contributed by atoms with Crippen molar-refractivity contribution in [3.05, 3.63) is 0 Å². The zero-order valence-corrected chi connectivity index (χ0v) is 11.0. The lowest BCUT2D eigenvalue weighted by molar-refractivity contribution is -0.152. The third kappa shape index (κ3) is 3.50. The minimum absolute atomic E-state index is 0.396. The molecule has 2 unspecified atom stereocenters. The van der Waals surface area contributed by atoms with Crippen LogP contribution in [0.15, 0.2) is 0 Å². The average Bonchev–Trinajstić information content (AvgIpc) is 2.16. The summed E-state index contributed by atoms with van der Waals surface area (Å²) in [7, 11) is 0. The van der Waals surface area contributed by atoms with E-state index in [1.54, 1.807) is 0 Å². The van der Waals surface area contributed by atoms with Gasteiger partial charge in [-0.2, -0.15) is 0 Å². The van der Waals surface area contributed by atoms with Crippen LogP contribution in [0.4, 0.5) is 0 Å². The van der Waals surface area contributed by atoms with E-state index in [1.807, 2.05) is 0 Å². The molecule has 0 amide bonds. The molecule has 1 aliphatic carbocycles. The van der Waals surface area contributed by atoms with Crippen LogP contribution in [-0.4, -0.2) is 11.1 Å². The first kappa shape index (κ1) is 13.5. The summed E-state index contributed by atoms with van der Waals surface area (Å²) >= 11 is 0.